The van der Waals surface area contributed by atoms with Crippen LogP contribution in [0.15, 0.2) is 61.1 Å². The molecule has 0 saturated heterocycles. The first-order chi connectivity index (χ1) is 10.8. The zero-order valence-corrected chi connectivity index (χ0v) is 12.1. The fraction of sp³-hybridized carbons (Fsp3) is 0.118. The Balaban J connectivity index is 1.68. The van der Waals surface area contributed by atoms with Crippen molar-refractivity contribution in [3.63, 3.8) is 0 Å². The fourth-order valence-electron chi connectivity index (χ4n) is 2.58. The molecule has 2 heterocycles. The molecule has 22 heavy (non-hydrogen) atoms. The molecule has 5 heteroatoms. The zero-order valence-electron chi connectivity index (χ0n) is 12.1. The van der Waals surface area contributed by atoms with Gasteiger partial charge in [0.2, 0.25) is 0 Å². The first-order valence-corrected chi connectivity index (χ1v) is 7.21. The highest BCUT2D eigenvalue weighted by atomic mass is 15.4. The zero-order chi connectivity index (χ0) is 14.9. The Kier molecular flexibility index (Phi) is 2.96. The molecule has 0 amide bonds. The van der Waals surface area contributed by atoms with E-state index in [0.717, 1.165) is 22.3 Å². The van der Waals surface area contributed by atoms with Crippen molar-refractivity contribution in [2.45, 2.75) is 13.0 Å². The van der Waals surface area contributed by atoms with E-state index in [2.05, 4.69) is 39.3 Å². The van der Waals surface area contributed by atoms with E-state index in [1.807, 2.05) is 47.3 Å². The monoisotopic (exact) mass is 289 g/mol. The summed E-state index contributed by atoms with van der Waals surface area (Å²) < 4.78 is 1.89. The molecule has 0 aliphatic carbocycles. The second-order valence-corrected chi connectivity index (χ2v) is 5.30. The van der Waals surface area contributed by atoms with E-state index in [-0.39, 0.29) is 6.04 Å². The standard InChI is InChI=1S/C17H15N5/c1-12(13-5-3-2-4-6-13)22-10-17(20-21-22)14-7-8-15-16(9-14)19-11-18-15/h2-12H,1H3,(H,18,19). The quantitative estimate of drug-likeness (QED) is 0.628. The Hall–Kier alpha value is -2.95. The maximum atomic E-state index is 4.30. The Morgan fingerprint density at radius 1 is 1.09 bits per heavy atom. The molecule has 4 rings (SSSR count). The predicted octanol–water partition coefficient (Wildman–Crippen LogP) is 3.43. The predicted molar refractivity (Wildman–Crippen MR) is 85.4 cm³/mol. The highest BCUT2D eigenvalue weighted by molar-refractivity contribution is 5.80. The van der Waals surface area contributed by atoms with E-state index in [1.54, 1.807) is 6.33 Å². The minimum Gasteiger partial charge on any atom is -0.345 e. The van der Waals surface area contributed by atoms with Gasteiger partial charge in [-0.15, -0.1) is 5.10 Å². The summed E-state index contributed by atoms with van der Waals surface area (Å²) in [6.07, 6.45) is 3.68. The van der Waals surface area contributed by atoms with E-state index >= 15 is 0 Å². The Labute approximate surface area is 127 Å². The average molecular weight is 289 g/mol. The molecule has 5 nitrogen and oxygen atoms in total. The van der Waals surface area contributed by atoms with Crippen LogP contribution in [-0.4, -0.2) is 25.0 Å². The topological polar surface area (TPSA) is 59.4 Å². The number of nitrogens with one attached hydrogen (secondary N) is 1. The van der Waals surface area contributed by atoms with Crippen LogP contribution in [0.25, 0.3) is 22.3 Å². The molecular formula is C17H15N5. The molecule has 0 fully saturated rings. The van der Waals surface area contributed by atoms with Gasteiger partial charge in [-0.3, -0.25) is 0 Å². The van der Waals surface area contributed by atoms with Gasteiger partial charge in [-0.05, 0) is 24.6 Å². The molecular weight excluding hydrogens is 274 g/mol. The van der Waals surface area contributed by atoms with Gasteiger partial charge in [0.15, 0.2) is 0 Å². The second-order valence-electron chi connectivity index (χ2n) is 5.30. The normalized spacial score (nSPS) is 12.6. The maximum Gasteiger partial charge on any atom is 0.113 e. The molecule has 0 aliphatic rings. The molecule has 0 aliphatic heterocycles. The SMILES string of the molecule is CC(c1ccccc1)n1cc(-c2ccc3nc[nH]c3c2)nn1. The highest BCUT2D eigenvalue weighted by Gasteiger charge is 2.11. The van der Waals surface area contributed by atoms with Crippen molar-refractivity contribution in [3.05, 3.63) is 66.6 Å². The lowest BCUT2D eigenvalue weighted by Gasteiger charge is -2.10. The molecule has 0 radical (unpaired) electrons. The molecule has 0 spiro atoms. The number of rotatable bonds is 3. The molecule has 4 aromatic rings. The minimum absolute atomic E-state index is 0.151. The van der Waals surface area contributed by atoms with Crippen molar-refractivity contribution in [2.75, 3.05) is 0 Å². The van der Waals surface area contributed by atoms with Crippen molar-refractivity contribution in [1.82, 2.24) is 25.0 Å². The number of benzene rings is 2. The molecule has 1 N–H and O–H groups in total. The van der Waals surface area contributed by atoms with Gasteiger partial charge in [0, 0.05) is 5.56 Å². The summed E-state index contributed by atoms with van der Waals surface area (Å²) in [5, 5.41) is 8.58. The van der Waals surface area contributed by atoms with Crippen LogP contribution in [0.5, 0.6) is 0 Å². The van der Waals surface area contributed by atoms with E-state index in [4.69, 9.17) is 0 Å². The van der Waals surface area contributed by atoms with Crippen LogP contribution in [0.1, 0.15) is 18.5 Å². The molecule has 2 aromatic carbocycles. The number of imidazole rings is 1. The number of aromatic amines is 1. The van der Waals surface area contributed by atoms with Crippen molar-refractivity contribution < 1.29 is 0 Å². The van der Waals surface area contributed by atoms with Crippen LogP contribution < -0.4 is 0 Å². The molecule has 1 atom stereocenters. The molecule has 0 saturated carbocycles. The number of nitrogens with zero attached hydrogens (tertiary/aromatic N) is 4. The average Bonchev–Trinajstić information content (AvgIpc) is 3.23. The molecule has 2 aromatic heterocycles. The van der Waals surface area contributed by atoms with Crippen molar-refractivity contribution in [3.8, 4) is 11.3 Å². The Bertz CT molecular complexity index is 907. The third kappa shape index (κ3) is 2.16. The highest BCUT2D eigenvalue weighted by Crippen LogP contribution is 2.23. The summed E-state index contributed by atoms with van der Waals surface area (Å²) in [6, 6.07) is 16.5. The lowest BCUT2D eigenvalue weighted by atomic mass is 10.1. The first-order valence-electron chi connectivity index (χ1n) is 7.21. The van der Waals surface area contributed by atoms with Crippen LogP contribution in [0.2, 0.25) is 0 Å². The molecule has 1 unspecified atom stereocenters. The van der Waals surface area contributed by atoms with Crippen molar-refractivity contribution >= 4 is 11.0 Å². The van der Waals surface area contributed by atoms with Gasteiger partial charge < -0.3 is 4.98 Å². The summed E-state index contributed by atoms with van der Waals surface area (Å²) in [5.74, 6) is 0. The van der Waals surface area contributed by atoms with E-state index in [0.29, 0.717) is 0 Å². The van der Waals surface area contributed by atoms with Crippen LogP contribution in [-0.2, 0) is 0 Å². The van der Waals surface area contributed by atoms with Gasteiger partial charge in [0.25, 0.3) is 0 Å². The van der Waals surface area contributed by atoms with Gasteiger partial charge in [-0.1, -0.05) is 41.6 Å². The van der Waals surface area contributed by atoms with Gasteiger partial charge in [0.05, 0.1) is 29.6 Å². The van der Waals surface area contributed by atoms with E-state index < -0.39 is 0 Å². The first kappa shape index (κ1) is 12.8. The van der Waals surface area contributed by atoms with Crippen LogP contribution in [0.4, 0.5) is 0 Å². The molecule has 108 valence electrons. The van der Waals surface area contributed by atoms with Gasteiger partial charge in [0.1, 0.15) is 5.69 Å². The summed E-state index contributed by atoms with van der Waals surface area (Å²) >= 11 is 0. The smallest absolute Gasteiger partial charge is 0.113 e. The number of H-pyrrole nitrogens is 1. The lowest BCUT2D eigenvalue weighted by Crippen LogP contribution is -2.07. The summed E-state index contributed by atoms with van der Waals surface area (Å²) in [6.45, 7) is 2.12. The van der Waals surface area contributed by atoms with E-state index in [9.17, 15) is 0 Å². The molecule has 0 bridgehead atoms. The van der Waals surface area contributed by atoms with Crippen molar-refractivity contribution in [1.29, 1.82) is 0 Å². The maximum absolute atomic E-state index is 4.30. The van der Waals surface area contributed by atoms with Crippen LogP contribution >= 0.6 is 0 Å². The summed E-state index contributed by atoms with van der Waals surface area (Å²) in [7, 11) is 0. The second kappa shape index (κ2) is 5.11. The third-order valence-corrected chi connectivity index (χ3v) is 3.91. The van der Waals surface area contributed by atoms with E-state index in [1.165, 1.54) is 5.56 Å². The van der Waals surface area contributed by atoms with Gasteiger partial charge >= 0.3 is 0 Å². The number of fused-ring (bicyclic) bond motifs is 1. The minimum atomic E-state index is 0.151. The lowest BCUT2D eigenvalue weighted by molar-refractivity contribution is 0.543. The number of hydrogen-bond acceptors (Lipinski definition) is 3. The summed E-state index contributed by atoms with van der Waals surface area (Å²) in [4.78, 5) is 7.35. The van der Waals surface area contributed by atoms with Gasteiger partial charge in [-0.25, -0.2) is 9.67 Å². The Morgan fingerprint density at radius 3 is 2.82 bits per heavy atom. The number of aromatic nitrogens is 5. The summed E-state index contributed by atoms with van der Waals surface area (Å²) in [5.41, 5.74) is 5.06. The van der Waals surface area contributed by atoms with Crippen LogP contribution in [0, 0.1) is 0 Å². The third-order valence-electron chi connectivity index (χ3n) is 3.91. The van der Waals surface area contributed by atoms with Crippen molar-refractivity contribution in [2.24, 2.45) is 0 Å². The fourth-order valence-corrected chi connectivity index (χ4v) is 2.58. The largest absolute Gasteiger partial charge is 0.345 e. The van der Waals surface area contributed by atoms with Gasteiger partial charge in [-0.2, -0.15) is 0 Å². The number of hydrogen-bond donors (Lipinski definition) is 1. The Morgan fingerprint density at radius 2 is 1.95 bits per heavy atom. The van der Waals surface area contributed by atoms with Crippen LogP contribution in [0.3, 0.4) is 0 Å².